The van der Waals surface area contributed by atoms with Crippen molar-refractivity contribution >= 4 is 0 Å². The number of aliphatic hydroxyl groups excluding tert-OH is 1. The Balaban J connectivity index is 2.33. The summed E-state index contributed by atoms with van der Waals surface area (Å²) in [5, 5.41) is 9.26. The standard InChI is InChI=1S/C14H23NO/c1-12(14-7-5-4-6-8-14)9-10-15(3)11-13(2)16/h4-8,12-13,16H,9-11H2,1-3H3/t12-,13+/m0/s1. The first-order valence-corrected chi connectivity index (χ1v) is 6.01. The molecule has 2 heteroatoms. The van der Waals surface area contributed by atoms with Crippen molar-refractivity contribution in [1.82, 2.24) is 4.90 Å². The Hall–Kier alpha value is -0.860. The van der Waals surface area contributed by atoms with Gasteiger partial charge in [0.05, 0.1) is 6.10 Å². The average Bonchev–Trinajstić information content (AvgIpc) is 2.26. The number of aliphatic hydroxyl groups is 1. The first-order chi connectivity index (χ1) is 7.59. The largest absolute Gasteiger partial charge is 0.392 e. The van der Waals surface area contributed by atoms with Gasteiger partial charge in [-0.15, -0.1) is 0 Å². The van der Waals surface area contributed by atoms with Crippen LogP contribution < -0.4 is 0 Å². The van der Waals surface area contributed by atoms with E-state index in [0.717, 1.165) is 19.5 Å². The molecule has 0 aliphatic heterocycles. The molecule has 0 saturated carbocycles. The van der Waals surface area contributed by atoms with Gasteiger partial charge in [-0.3, -0.25) is 0 Å². The predicted molar refractivity (Wildman–Crippen MR) is 68.7 cm³/mol. The molecular weight excluding hydrogens is 198 g/mol. The Morgan fingerprint density at radius 3 is 2.38 bits per heavy atom. The average molecular weight is 221 g/mol. The lowest BCUT2D eigenvalue weighted by Crippen LogP contribution is -2.28. The fourth-order valence-corrected chi connectivity index (χ4v) is 1.90. The fourth-order valence-electron chi connectivity index (χ4n) is 1.90. The summed E-state index contributed by atoms with van der Waals surface area (Å²) in [6, 6.07) is 10.6. The van der Waals surface area contributed by atoms with Crippen LogP contribution in [0.4, 0.5) is 0 Å². The third-order valence-electron chi connectivity index (χ3n) is 2.89. The van der Waals surface area contributed by atoms with Gasteiger partial charge in [0.15, 0.2) is 0 Å². The minimum absolute atomic E-state index is 0.239. The van der Waals surface area contributed by atoms with Crippen molar-refractivity contribution < 1.29 is 5.11 Å². The molecule has 1 aromatic carbocycles. The summed E-state index contributed by atoms with van der Waals surface area (Å²) in [4.78, 5) is 2.18. The Morgan fingerprint density at radius 2 is 1.81 bits per heavy atom. The lowest BCUT2D eigenvalue weighted by Gasteiger charge is -2.20. The summed E-state index contributed by atoms with van der Waals surface area (Å²) in [6.45, 7) is 5.87. The number of hydrogen-bond donors (Lipinski definition) is 1. The molecule has 2 atom stereocenters. The maximum absolute atomic E-state index is 9.26. The molecule has 0 bridgehead atoms. The van der Waals surface area contributed by atoms with Gasteiger partial charge in [-0.25, -0.2) is 0 Å². The molecule has 16 heavy (non-hydrogen) atoms. The van der Waals surface area contributed by atoms with E-state index in [1.54, 1.807) is 0 Å². The minimum Gasteiger partial charge on any atom is -0.392 e. The van der Waals surface area contributed by atoms with Gasteiger partial charge < -0.3 is 10.0 Å². The van der Waals surface area contributed by atoms with Gasteiger partial charge in [-0.1, -0.05) is 37.3 Å². The zero-order chi connectivity index (χ0) is 12.0. The number of likely N-dealkylation sites (N-methyl/N-ethyl adjacent to an activating group) is 1. The first-order valence-electron chi connectivity index (χ1n) is 6.01. The second-order valence-electron chi connectivity index (χ2n) is 4.71. The van der Waals surface area contributed by atoms with Crippen LogP contribution in [-0.2, 0) is 0 Å². The summed E-state index contributed by atoms with van der Waals surface area (Å²) >= 11 is 0. The molecule has 0 saturated heterocycles. The third kappa shape index (κ3) is 4.77. The monoisotopic (exact) mass is 221 g/mol. The predicted octanol–water partition coefficient (Wildman–Crippen LogP) is 2.49. The van der Waals surface area contributed by atoms with E-state index in [9.17, 15) is 5.11 Å². The molecule has 0 aliphatic carbocycles. The van der Waals surface area contributed by atoms with E-state index >= 15 is 0 Å². The second-order valence-corrected chi connectivity index (χ2v) is 4.71. The molecule has 0 spiro atoms. The highest BCUT2D eigenvalue weighted by molar-refractivity contribution is 5.18. The van der Waals surface area contributed by atoms with E-state index in [1.807, 2.05) is 6.92 Å². The molecule has 1 rings (SSSR count). The second kappa shape index (κ2) is 6.66. The highest BCUT2D eigenvalue weighted by Crippen LogP contribution is 2.18. The Bertz CT molecular complexity index is 284. The third-order valence-corrected chi connectivity index (χ3v) is 2.89. The molecule has 0 radical (unpaired) electrons. The maximum atomic E-state index is 9.26. The molecule has 0 heterocycles. The lowest BCUT2D eigenvalue weighted by molar-refractivity contribution is 0.140. The van der Waals surface area contributed by atoms with Crippen LogP contribution in [0.3, 0.4) is 0 Å². The summed E-state index contributed by atoms with van der Waals surface area (Å²) in [5.41, 5.74) is 1.40. The van der Waals surface area contributed by atoms with E-state index < -0.39 is 0 Å². The van der Waals surface area contributed by atoms with Crippen molar-refractivity contribution in [2.24, 2.45) is 0 Å². The maximum Gasteiger partial charge on any atom is 0.0638 e. The van der Waals surface area contributed by atoms with E-state index in [4.69, 9.17) is 0 Å². The highest BCUT2D eigenvalue weighted by atomic mass is 16.3. The van der Waals surface area contributed by atoms with Gasteiger partial charge in [0, 0.05) is 6.54 Å². The topological polar surface area (TPSA) is 23.5 Å². The number of hydrogen-bond acceptors (Lipinski definition) is 2. The quantitative estimate of drug-likeness (QED) is 0.798. The van der Waals surface area contributed by atoms with Crippen LogP contribution in [0, 0.1) is 0 Å². The van der Waals surface area contributed by atoms with Crippen LogP contribution in [0.5, 0.6) is 0 Å². The number of nitrogens with zero attached hydrogens (tertiary/aromatic N) is 1. The Kier molecular flexibility index (Phi) is 5.50. The zero-order valence-electron chi connectivity index (χ0n) is 10.6. The Labute approximate surface area is 98.9 Å². The lowest BCUT2D eigenvalue weighted by atomic mass is 9.98. The molecule has 90 valence electrons. The molecule has 0 fully saturated rings. The minimum atomic E-state index is -0.239. The molecule has 1 aromatic rings. The van der Waals surface area contributed by atoms with Crippen molar-refractivity contribution in [2.75, 3.05) is 20.1 Å². The van der Waals surface area contributed by atoms with Gasteiger partial charge in [-0.05, 0) is 38.4 Å². The van der Waals surface area contributed by atoms with Crippen LogP contribution in [0.15, 0.2) is 30.3 Å². The van der Waals surface area contributed by atoms with E-state index in [2.05, 4.69) is 49.2 Å². The summed E-state index contributed by atoms with van der Waals surface area (Å²) < 4.78 is 0. The van der Waals surface area contributed by atoms with Crippen LogP contribution in [-0.4, -0.2) is 36.2 Å². The summed E-state index contributed by atoms with van der Waals surface area (Å²) in [6.07, 6.45) is 0.893. The molecular formula is C14H23NO. The molecule has 0 aromatic heterocycles. The van der Waals surface area contributed by atoms with Crippen molar-refractivity contribution in [3.8, 4) is 0 Å². The molecule has 2 nitrogen and oxygen atoms in total. The Morgan fingerprint density at radius 1 is 1.19 bits per heavy atom. The van der Waals surface area contributed by atoms with Crippen molar-refractivity contribution in [2.45, 2.75) is 32.3 Å². The molecule has 1 N–H and O–H groups in total. The van der Waals surface area contributed by atoms with Crippen molar-refractivity contribution in [3.05, 3.63) is 35.9 Å². The van der Waals surface area contributed by atoms with Crippen molar-refractivity contribution in [1.29, 1.82) is 0 Å². The molecule has 0 unspecified atom stereocenters. The van der Waals surface area contributed by atoms with Crippen LogP contribution in [0.1, 0.15) is 31.7 Å². The first kappa shape index (κ1) is 13.2. The SMILES string of the molecule is C[C@@H](O)CN(C)CC[C@H](C)c1ccccc1. The summed E-state index contributed by atoms with van der Waals surface area (Å²) in [7, 11) is 2.06. The van der Waals surface area contributed by atoms with E-state index in [-0.39, 0.29) is 6.10 Å². The molecule has 0 aliphatic rings. The smallest absolute Gasteiger partial charge is 0.0638 e. The number of rotatable bonds is 6. The fraction of sp³-hybridized carbons (Fsp3) is 0.571. The van der Waals surface area contributed by atoms with Gasteiger partial charge in [0.25, 0.3) is 0 Å². The van der Waals surface area contributed by atoms with Gasteiger partial charge in [0.1, 0.15) is 0 Å². The van der Waals surface area contributed by atoms with Gasteiger partial charge >= 0.3 is 0 Å². The van der Waals surface area contributed by atoms with E-state index in [1.165, 1.54) is 5.56 Å². The van der Waals surface area contributed by atoms with Crippen LogP contribution in [0.25, 0.3) is 0 Å². The summed E-state index contributed by atoms with van der Waals surface area (Å²) in [5.74, 6) is 0.581. The van der Waals surface area contributed by atoms with Gasteiger partial charge in [-0.2, -0.15) is 0 Å². The van der Waals surface area contributed by atoms with Gasteiger partial charge in [0.2, 0.25) is 0 Å². The molecule has 0 amide bonds. The van der Waals surface area contributed by atoms with Crippen LogP contribution >= 0.6 is 0 Å². The number of benzene rings is 1. The van der Waals surface area contributed by atoms with Crippen LogP contribution in [0.2, 0.25) is 0 Å². The highest BCUT2D eigenvalue weighted by Gasteiger charge is 2.07. The van der Waals surface area contributed by atoms with Crippen molar-refractivity contribution in [3.63, 3.8) is 0 Å². The zero-order valence-corrected chi connectivity index (χ0v) is 10.6. The normalized spacial score (nSPS) is 15.1. The van der Waals surface area contributed by atoms with E-state index in [0.29, 0.717) is 5.92 Å².